The number of amides is 1. The maximum Gasteiger partial charge on any atom is 0.328 e. The maximum atomic E-state index is 13.0. The van der Waals surface area contributed by atoms with Gasteiger partial charge >= 0.3 is 5.97 Å². The minimum atomic E-state index is -0.552. The van der Waals surface area contributed by atoms with Gasteiger partial charge in [0.1, 0.15) is 6.04 Å². The van der Waals surface area contributed by atoms with Crippen molar-refractivity contribution in [2.45, 2.75) is 38.3 Å². The van der Waals surface area contributed by atoms with E-state index in [2.05, 4.69) is 16.0 Å². The molecule has 0 unspecified atom stereocenters. The number of likely N-dealkylation sites (tertiary alicyclic amines) is 1. The Kier molecular flexibility index (Phi) is 4.68. The van der Waals surface area contributed by atoms with Crippen molar-refractivity contribution in [1.82, 2.24) is 14.8 Å². The number of carbonyl (C=O) groups is 2. The van der Waals surface area contributed by atoms with Crippen molar-refractivity contribution in [2.75, 3.05) is 26.7 Å². The minimum Gasteiger partial charge on any atom is -0.467 e. The first-order chi connectivity index (χ1) is 12.7. The molecule has 0 spiro atoms. The fourth-order valence-corrected chi connectivity index (χ4v) is 4.22. The zero-order valence-corrected chi connectivity index (χ0v) is 15.2. The third kappa shape index (κ3) is 3.09. The topological polar surface area (TPSA) is 65.6 Å². The molecule has 4 rings (SSSR count). The summed E-state index contributed by atoms with van der Waals surface area (Å²) < 4.78 is 5.01. The second-order valence-electron chi connectivity index (χ2n) is 7.23. The van der Waals surface area contributed by atoms with Crippen LogP contribution in [0.4, 0.5) is 0 Å². The van der Waals surface area contributed by atoms with E-state index in [1.54, 1.807) is 4.90 Å². The van der Waals surface area contributed by atoms with E-state index in [0.29, 0.717) is 19.5 Å². The van der Waals surface area contributed by atoms with Crippen LogP contribution in [0.1, 0.15) is 30.5 Å². The predicted molar refractivity (Wildman–Crippen MR) is 98.6 cm³/mol. The molecule has 0 saturated carbocycles. The van der Waals surface area contributed by atoms with E-state index in [0.717, 1.165) is 48.1 Å². The van der Waals surface area contributed by atoms with Gasteiger partial charge in [0, 0.05) is 23.0 Å². The lowest BCUT2D eigenvalue weighted by atomic mass is 9.96. The van der Waals surface area contributed by atoms with Crippen LogP contribution in [-0.2, 0) is 27.3 Å². The van der Waals surface area contributed by atoms with Crippen molar-refractivity contribution in [3.8, 4) is 0 Å². The molecule has 1 fully saturated rings. The minimum absolute atomic E-state index is 0.00612. The summed E-state index contributed by atoms with van der Waals surface area (Å²) in [4.78, 5) is 32.7. The first-order valence-corrected chi connectivity index (χ1v) is 9.35. The van der Waals surface area contributed by atoms with Crippen molar-refractivity contribution in [3.63, 3.8) is 0 Å². The largest absolute Gasteiger partial charge is 0.467 e. The molecule has 1 aromatic carbocycles. The van der Waals surface area contributed by atoms with E-state index in [-0.39, 0.29) is 11.9 Å². The fourth-order valence-electron chi connectivity index (χ4n) is 4.22. The lowest BCUT2D eigenvalue weighted by molar-refractivity contribution is -0.154. The van der Waals surface area contributed by atoms with Gasteiger partial charge in [-0.2, -0.15) is 0 Å². The molecule has 1 amide bonds. The Morgan fingerprint density at radius 3 is 2.73 bits per heavy atom. The van der Waals surface area contributed by atoms with Crippen LogP contribution in [-0.4, -0.2) is 59.4 Å². The van der Waals surface area contributed by atoms with Crippen LogP contribution < -0.4 is 0 Å². The number of piperidine rings is 1. The number of hydrogen-bond acceptors (Lipinski definition) is 4. The van der Waals surface area contributed by atoms with Crippen LogP contribution in [0.2, 0.25) is 0 Å². The molecule has 26 heavy (non-hydrogen) atoms. The van der Waals surface area contributed by atoms with Gasteiger partial charge in [-0.15, -0.1) is 0 Å². The van der Waals surface area contributed by atoms with Gasteiger partial charge in [-0.25, -0.2) is 4.79 Å². The summed E-state index contributed by atoms with van der Waals surface area (Å²) in [7, 11) is 1.39. The van der Waals surface area contributed by atoms with Gasteiger partial charge in [0.05, 0.1) is 20.2 Å². The highest BCUT2D eigenvalue weighted by Crippen LogP contribution is 2.30. The Balaban J connectivity index is 1.61. The number of H-pyrrole nitrogens is 1. The zero-order valence-electron chi connectivity index (χ0n) is 15.2. The van der Waals surface area contributed by atoms with Crippen molar-refractivity contribution < 1.29 is 14.3 Å². The number of rotatable bonds is 3. The molecule has 1 atom stereocenters. The summed E-state index contributed by atoms with van der Waals surface area (Å²) in [6, 6.07) is 7.52. The molecular formula is C20H25N3O3. The van der Waals surface area contributed by atoms with Crippen molar-refractivity contribution in [3.05, 3.63) is 35.5 Å². The number of fused-ring (bicyclic) bond motifs is 3. The van der Waals surface area contributed by atoms with E-state index in [4.69, 9.17) is 4.74 Å². The summed E-state index contributed by atoms with van der Waals surface area (Å²) in [5, 5.41) is 1.12. The molecule has 0 radical (unpaired) electrons. The lowest BCUT2D eigenvalue weighted by Gasteiger charge is -2.36. The molecule has 3 heterocycles. The summed E-state index contributed by atoms with van der Waals surface area (Å²) in [6.45, 7) is 2.72. The van der Waals surface area contributed by atoms with Crippen molar-refractivity contribution in [2.24, 2.45) is 0 Å². The monoisotopic (exact) mass is 355 g/mol. The summed E-state index contributed by atoms with van der Waals surface area (Å²) in [5.41, 5.74) is 3.20. The molecule has 0 aliphatic carbocycles. The van der Waals surface area contributed by atoms with Gasteiger partial charge < -0.3 is 14.6 Å². The van der Waals surface area contributed by atoms with Crippen LogP contribution in [0, 0.1) is 0 Å². The molecular weight excluding hydrogens is 330 g/mol. The van der Waals surface area contributed by atoms with Gasteiger partial charge in [0.2, 0.25) is 5.91 Å². The lowest BCUT2D eigenvalue weighted by Crippen LogP contribution is -2.52. The number of para-hydroxylation sites is 1. The second-order valence-corrected chi connectivity index (χ2v) is 7.23. The van der Waals surface area contributed by atoms with E-state index in [1.807, 2.05) is 18.2 Å². The number of nitrogens with zero attached hydrogens (tertiary/aromatic N) is 2. The van der Waals surface area contributed by atoms with Gasteiger partial charge in [0.15, 0.2) is 0 Å². The number of methoxy groups -OCH3 is 1. The van der Waals surface area contributed by atoms with Crippen LogP contribution in [0.3, 0.4) is 0 Å². The first-order valence-electron chi connectivity index (χ1n) is 9.35. The maximum absolute atomic E-state index is 13.0. The van der Waals surface area contributed by atoms with Crippen LogP contribution in [0.15, 0.2) is 24.3 Å². The molecule has 2 aliphatic rings. The molecule has 1 aromatic heterocycles. The molecule has 0 bridgehead atoms. The fraction of sp³-hybridized carbons (Fsp3) is 0.500. The van der Waals surface area contributed by atoms with Gasteiger partial charge in [-0.05, 0) is 37.6 Å². The highest BCUT2D eigenvalue weighted by molar-refractivity contribution is 5.90. The van der Waals surface area contributed by atoms with Gasteiger partial charge in [-0.3, -0.25) is 9.69 Å². The van der Waals surface area contributed by atoms with Crippen molar-refractivity contribution >= 4 is 22.8 Å². The number of hydrogen-bond donors (Lipinski definition) is 1. The normalized spacial score (nSPS) is 20.8. The average Bonchev–Trinajstić information content (AvgIpc) is 3.04. The standard InChI is InChI=1S/C20H25N3O3/c1-26-20(25)18-11-15-14-7-3-4-8-16(14)21-17(15)12-23(18)19(24)13-22-9-5-2-6-10-22/h3-4,7-8,18,21H,2,5-6,9-13H2,1H3/t18-/m0/s1. The number of ether oxygens (including phenoxy) is 1. The number of carbonyl (C=O) groups excluding carboxylic acids is 2. The number of esters is 1. The number of benzene rings is 1. The van der Waals surface area contributed by atoms with Crippen molar-refractivity contribution in [1.29, 1.82) is 0 Å². The molecule has 1 N–H and O–H groups in total. The third-order valence-electron chi connectivity index (χ3n) is 5.61. The number of aromatic nitrogens is 1. The summed E-state index contributed by atoms with van der Waals surface area (Å²) in [6.07, 6.45) is 4.01. The number of nitrogens with one attached hydrogen (secondary N) is 1. The van der Waals surface area contributed by atoms with E-state index in [9.17, 15) is 9.59 Å². The van der Waals surface area contributed by atoms with Gasteiger partial charge in [-0.1, -0.05) is 24.6 Å². The smallest absolute Gasteiger partial charge is 0.328 e. The molecule has 1 saturated heterocycles. The Bertz CT molecular complexity index is 823. The van der Waals surface area contributed by atoms with Crippen LogP contribution in [0.5, 0.6) is 0 Å². The highest BCUT2D eigenvalue weighted by atomic mass is 16.5. The second kappa shape index (κ2) is 7.11. The van der Waals surface area contributed by atoms with Gasteiger partial charge in [0.25, 0.3) is 0 Å². The Morgan fingerprint density at radius 2 is 1.96 bits per heavy atom. The third-order valence-corrected chi connectivity index (χ3v) is 5.61. The molecule has 6 heteroatoms. The van der Waals surface area contributed by atoms with E-state index in [1.165, 1.54) is 13.5 Å². The Hall–Kier alpha value is -2.34. The molecule has 138 valence electrons. The first kappa shape index (κ1) is 17.1. The molecule has 6 nitrogen and oxygen atoms in total. The van der Waals surface area contributed by atoms with E-state index < -0.39 is 6.04 Å². The highest BCUT2D eigenvalue weighted by Gasteiger charge is 2.37. The predicted octanol–water partition coefficient (Wildman–Crippen LogP) is 2.08. The molecule has 2 aromatic rings. The number of aromatic amines is 1. The summed E-state index contributed by atoms with van der Waals surface area (Å²) in [5.74, 6) is -0.334. The SMILES string of the molecule is COC(=O)[C@@H]1Cc2c([nH]c3ccccc23)CN1C(=O)CN1CCCCC1. The van der Waals surface area contributed by atoms with Crippen LogP contribution >= 0.6 is 0 Å². The van der Waals surface area contributed by atoms with Crippen LogP contribution in [0.25, 0.3) is 10.9 Å². The summed E-state index contributed by atoms with van der Waals surface area (Å²) >= 11 is 0. The molecule has 2 aliphatic heterocycles. The Labute approximate surface area is 153 Å². The van der Waals surface area contributed by atoms with E-state index >= 15 is 0 Å². The average molecular weight is 355 g/mol. The zero-order chi connectivity index (χ0) is 18.1. The quantitative estimate of drug-likeness (QED) is 0.856. The Morgan fingerprint density at radius 1 is 1.19 bits per heavy atom.